The zero-order valence-electron chi connectivity index (χ0n) is 20.7. The average Bonchev–Trinajstić information content (AvgIpc) is 3.06. The molecular formula is C29H48O. The predicted molar refractivity (Wildman–Crippen MR) is 128 cm³/mol. The minimum absolute atomic E-state index is 0.0839. The number of allylic oxidation sites excluding steroid dienone is 3. The maximum absolute atomic E-state index is 10.2. The van der Waals surface area contributed by atoms with Gasteiger partial charge in [0.1, 0.15) is 0 Å². The van der Waals surface area contributed by atoms with Crippen LogP contribution in [0.25, 0.3) is 0 Å². The minimum atomic E-state index is -0.0839. The molecule has 4 aliphatic rings. The van der Waals surface area contributed by atoms with E-state index in [-0.39, 0.29) is 6.10 Å². The Balaban J connectivity index is 1.49. The number of hydrogen-bond donors (Lipinski definition) is 1. The second-order valence-corrected chi connectivity index (χ2v) is 12.4. The van der Waals surface area contributed by atoms with Gasteiger partial charge in [-0.3, -0.25) is 0 Å². The summed E-state index contributed by atoms with van der Waals surface area (Å²) in [6.07, 6.45) is 17.8. The van der Waals surface area contributed by atoms with Gasteiger partial charge in [0.15, 0.2) is 0 Å². The lowest BCUT2D eigenvalue weighted by Crippen LogP contribution is -2.50. The van der Waals surface area contributed by atoms with E-state index in [9.17, 15) is 5.11 Å². The van der Waals surface area contributed by atoms with E-state index >= 15 is 0 Å². The van der Waals surface area contributed by atoms with Gasteiger partial charge in [-0.05, 0) is 117 Å². The number of aliphatic hydroxyl groups excluding tert-OH is 1. The lowest BCUT2D eigenvalue weighted by molar-refractivity contribution is -0.0571. The van der Waals surface area contributed by atoms with E-state index in [1.54, 1.807) is 11.1 Å². The van der Waals surface area contributed by atoms with Crippen molar-refractivity contribution < 1.29 is 5.11 Å². The van der Waals surface area contributed by atoms with Crippen LogP contribution in [0.1, 0.15) is 106 Å². The van der Waals surface area contributed by atoms with Crippen molar-refractivity contribution in [1.82, 2.24) is 0 Å². The molecule has 1 N–H and O–H groups in total. The van der Waals surface area contributed by atoms with E-state index in [4.69, 9.17) is 0 Å². The Morgan fingerprint density at radius 1 is 1.10 bits per heavy atom. The highest BCUT2D eigenvalue weighted by molar-refractivity contribution is 5.25. The summed E-state index contributed by atoms with van der Waals surface area (Å²) >= 11 is 0. The monoisotopic (exact) mass is 412 g/mol. The molecule has 0 bridgehead atoms. The first-order chi connectivity index (χ1) is 14.2. The fourth-order valence-corrected chi connectivity index (χ4v) is 8.98. The third kappa shape index (κ3) is 3.66. The standard InChI is InChI=1S/C29H48O/c1-7-21(19(2)3)9-8-20(4)25-12-13-26-24-11-10-22-18-23(30)14-16-28(22,5)27(24)15-17-29(25,26)6/h7,10,19-20,23-27,30H,8-9,11-18H2,1-6H3/b21-7+/t20-,23-,24+,25-,26-,27+,28-,29+/m0/s1. The van der Waals surface area contributed by atoms with E-state index in [1.165, 1.54) is 51.4 Å². The molecule has 1 nitrogen and oxygen atoms in total. The molecule has 0 amide bonds. The molecule has 4 rings (SSSR count). The van der Waals surface area contributed by atoms with E-state index in [0.29, 0.717) is 16.7 Å². The van der Waals surface area contributed by atoms with Crippen LogP contribution >= 0.6 is 0 Å². The van der Waals surface area contributed by atoms with Crippen LogP contribution in [-0.4, -0.2) is 11.2 Å². The summed E-state index contributed by atoms with van der Waals surface area (Å²) < 4.78 is 0. The third-order valence-electron chi connectivity index (χ3n) is 10.8. The second-order valence-electron chi connectivity index (χ2n) is 12.4. The molecule has 0 saturated heterocycles. The van der Waals surface area contributed by atoms with Crippen LogP contribution in [-0.2, 0) is 0 Å². The van der Waals surface area contributed by atoms with Crippen molar-refractivity contribution in [3.8, 4) is 0 Å². The Bertz CT molecular complexity index is 686. The van der Waals surface area contributed by atoms with Crippen molar-refractivity contribution in [2.24, 2.45) is 46.3 Å². The Morgan fingerprint density at radius 2 is 1.87 bits per heavy atom. The van der Waals surface area contributed by atoms with Crippen molar-refractivity contribution in [1.29, 1.82) is 0 Å². The normalized spacial score (nSPS) is 44.9. The number of aliphatic hydroxyl groups is 1. The first-order valence-electron chi connectivity index (χ1n) is 13.2. The molecule has 1 heteroatoms. The van der Waals surface area contributed by atoms with Crippen molar-refractivity contribution in [2.45, 2.75) is 112 Å². The lowest BCUT2D eigenvalue weighted by Gasteiger charge is -2.58. The highest BCUT2D eigenvalue weighted by Gasteiger charge is 2.59. The van der Waals surface area contributed by atoms with Crippen LogP contribution in [0.2, 0.25) is 0 Å². The van der Waals surface area contributed by atoms with Gasteiger partial charge < -0.3 is 5.11 Å². The molecule has 170 valence electrons. The molecule has 0 radical (unpaired) electrons. The maximum Gasteiger partial charge on any atom is 0.0577 e. The van der Waals surface area contributed by atoms with E-state index in [0.717, 1.165) is 42.4 Å². The van der Waals surface area contributed by atoms with Crippen molar-refractivity contribution in [2.75, 3.05) is 0 Å². The number of hydrogen-bond acceptors (Lipinski definition) is 1. The van der Waals surface area contributed by atoms with Crippen molar-refractivity contribution >= 4 is 0 Å². The quantitative estimate of drug-likeness (QED) is 0.454. The van der Waals surface area contributed by atoms with E-state index in [1.807, 2.05) is 0 Å². The first kappa shape index (κ1) is 22.6. The summed E-state index contributed by atoms with van der Waals surface area (Å²) in [5.41, 5.74) is 4.21. The average molecular weight is 413 g/mol. The fourth-order valence-electron chi connectivity index (χ4n) is 8.98. The summed E-state index contributed by atoms with van der Waals surface area (Å²) in [5, 5.41) is 10.2. The van der Waals surface area contributed by atoms with Gasteiger partial charge in [0.05, 0.1) is 6.10 Å². The zero-order chi connectivity index (χ0) is 21.7. The molecule has 0 aliphatic heterocycles. The van der Waals surface area contributed by atoms with Crippen LogP contribution in [0.3, 0.4) is 0 Å². The van der Waals surface area contributed by atoms with Gasteiger partial charge in [-0.1, -0.05) is 57.9 Å². The Labute approximate surface area is 186 Å². The molecule has 3 fully saturated rings. The van der Waals surface area contributed by atoms with Gasteiger partial charge in [0.25, 0.3) is 0 Å². The summed E-state index contributed by atoms with van der Waals surface area (Å²) in [4.78, 5) is 0. The van der Waals surface area contributed by atoms with Crippen molar-refractivity contribution in [3.63, 3.8) is 0 Å². The largest absolute Gasteiger partial charge is 0.393 e. The van der Waals surface area contributed by atoms with Crippen LogP contribution in [0.4, 0.5) is 0 Å². The molecule has 30 heavy (non-hydrogen) atoms. The smallest absolute Gasteiger partial charge is 0.0577 e. The molecule has 0 heterocycles. The summed E-state index contributed by atoms with van der Waals surface area (Å²) in [6, 6.07) is 0. The predicted octanol–water partition coefficient (Wildman–Crippen LogP) is 7.94. The molecule has 0 spiro atoms. The third-order valence-corrected chi connectivity index (χ3v) is 10.8. The highest BCUT2D eigenvalue weighted by Crippen LogP contribution is 2.67. The molecule has 0 unspecified atom stereocenters. The molecule has 4 aliphatic carbocycles. The minimum Gasteiger partial charge on any atom is -0.393 e. The van der Waals surface area contributed by atoms with E-state index in [2.05, 4.69) is 53.7 Å². The topological polar surface area (TPSA) is 20.2 Å². The van der Waals surface area contributed by atoms with Gasteiger partial charge in [0.2, 0.25) is 0 Å². The van der Waals surface area contributed by atoms with Gasteiger partial charge in [-0.2, -0.15) is 0 Å². The van der Waals surface area contributed by atoms with Gasteiger partial charge in [-0.25, -0.2) is 0 Å². The zero-order valence-corrected chi connectivity index (χ0v) is 20.7. The summed E-state index contributed by atoms with van der Waals surface area (Å²) in [6.45, 7) is 14.7. The SMILES string of the molecule is C/C=C(\CC[C@H](C)[C@@H]1CC[C@H]2[C@H]3CC=C4C[C@@H](O)CC[C@]4(C)[C@@H]3CC[C@@]21C)C(C)C. The number of rotatable bonds is 5. The van der Waals surface area contributed by atoms with Gasteiger partial charge in [0, 0.05) is 0 Å². The van der Waals surface area contributed by atoms with Crippen molar-refractivity contribution in [3.05, 3.63) is 23.3 Å². The molecule has 8 atom stereocenters. The molecule has 0 aromatic carbocycles. The van der Waals surface area contributed by atoms with Gasteiger partial charge in [-0.15, -0.1) is 0 Å². The van der Waals surface area contributed by atoms with Gasteiger partial charge >= 0.3 is 0 Å². The Hall–Kier alpha value is -0.560. The molecule has 3 saturated carbocycles. The maximum atomic E-state index is 10.2. The highest BCUT2D eigenvalue weighted by atomic mass is 16.3. The molecular weight excluding hydrogens is 364 g/mol. The van der Waals surface area contributed by atoms with Crippen LogP contribution in [0.15, 0.2) is 23.3 Å². The first-order valence-corrected chi connectivity index (χ1v) is 13.2. The van der Waals surface area contributed by atoms with Crippen LogP contribution < -0.4 is 0 Å². The van der Waals surface area contributed by atoms with Crippen LogP contribution in [0.5, 0.6) is 0 Å². The number of fused-ring (bicyclic) bond motifs is 5. The Kier molecular flexibility index (Phi) is 6.35. The fraction of sp³-hybridized carbons (Fsp3) is 0.862. The second kappa shape index (κ2) is 8.42. The summed E-state index contributed by atoms with van der Waals surface area (Å²) in [5.74, 6) is 5.15. The van der Waals surface area contributed by atoms with Crippen LogP contribution in [0, 0.1) is 46.3 Å². The lowest BCUT2D eigenvalue weighted by atomic mass is 9.47. The molecule has 0 aromatic heterocycles. The van der Waals surface area contributed by atoms with E-state index < -0.39 is 0 Å². The summed E-state index contributed by atoms with van der Waals surface area (Å²) in [7, 11) is 0. The molecule has 0 aromatic rings. The Morgan fingerprint density at radius 3 is 2.57 bits per heavy atom.